The van der Waals surface area contributed by atoms with Crippen LogP contribution in [0.5, 0.6) is 0 Å². The highest BCUT2D eigenvalue weighted by atomic mass is 16.1. The van der Waals surface area contributed by atoms with Gasteiger partial charge in [0.05, 0.1) is 5.69 Å². The zero-order valence-electron chi connectivity index (χ0n) is 9.49. The number of Topliss-reactive ketones (excluding diaryl/α,β-unsaturated/α-hetero) is 1. The summed E-state index contributed by atoms with van der Waals surface area (Å²) in [7, 11) is 1.90. The predicted octanol–water partition coefficient (Wildman–Crippen LogP) is 2.03. The summed E-state index contributed by atoms with van der Waals surface area (Å²) < 4.78 is 1.81. The summed E-state index contributed by atoms with van der Waals surface area (Å²) in [6.07, 6.45) is 5.12. The van der Waals surface area contributed by atoms with E-state index in [2.05, 4.69) is 5.10 Å². The lowest BCUT2D eigenvalue weighted by molar-refractivity contribution is -0.120. The van der Waals surface area contributed by atoms with Gasteiger partial charge in [-0.1, -0.05) is 19.3 Å². The summed E-state index contributed by atoms with van der Waals surface area (Å²) in [6, 6.07) is 2.00. The average molecular weight is 206 g/mol. The van der Waals surface area contributed by atoms with Gasteiger partial charge in [-0.3, -0.25) is 9.48 Å². The Balaban J connectivity index is 1.90. The van der Waals surface area contributed by atoms with Crippen molar-refractivity contribution >= 4 is 5.78 Å². The van der Waals surface area contributed by atoms with Crippen LogP contribution in [0.1, 0.15) is 37.1 Å². The van der Waals surface area contributed by atoms with E-state index in [9.17, 15) is 4.79 Å². The third kappa shape index (κ3) is 2.46. The van der Waals surface area contributed by atoms with E-state index in [4.69, 9.17) is 0 Å². The first-order valence-electron chi connectivity index (χ1n) is 5.66. The van der Waals surface area contributed by atoms with Gasteiger partial charge >= 0.3 is 0 Å². The van der Waals surface area contributed by atoms with E-state index in [1.165, 1.54) is 19.3 Å². The number of rotatable bonds is 4. The first kappa shape index (κ1) is 10.4. The fourth-order valence-corrected chi connectivity index (χ4v) is 2.12. The first-order valence-corrected chi connectivity index (χ1v) is 5.66. The molecule has 0 aliphatic heterocycles. The molecule has 1 heterocycles. The van der Waals surface area contributed by atoms with Crippen LogP contribution >= 0.6 is 0 Å². The van der Waals surface area contributed by atoms with Crippen LogP contribution in [0.3, 0.4) is 0 Å². The number of aryl methyl sites for hydroxylation is 2. The van der Waals surface area contributed by atoms with Crippen molar-refractivity contribution in [1.82, 2.24) is 9.78 Å². The van der Waals surface area contributed by atoms with E-state index in [-0.39, 0.29) is 0 Å². The Bertz CT molecular complexity index is 364. The molecular formula is C12H18N2O. The van der Waals surface area contributed by atoms with Crippen LogP contribution < -0.4 is 0 Å². The summed E-state index contributed by atoms with van der Waals surface area (Å²) in [6.45, 7) is 1.96. The Kier molecular flexibility index (Phi) is 2.89. The van der Waals surface area contributed by atoms with Gasteiger partial charge < -0.3 is 0 Å². The second-order valence-electron chi connectivity index (χ2n) is 4.62. The van der Waals surface area contributed by atoms with E-state index in [1.54, 1.807) is 0 Å². The monoisotopic (exact) mass is 206 g/mol. The Morgan fingerprint density at radius 2 is 2.33 bits per heavy atom. The lowest BCUT2D eigenvalue weighted by atomic mass is 9.81. The van der Waals surface area contributed by atoms with Gasteiger partial charge in [0.2, 0.25) is 0 Å². The van der Waals surface area contributed by atoms with Gasteiger partial charge in [-0.05, 0) is 18.9 Å². The van der Waals surface area contributed by atoms with Gasteiger partial charge in [0.15, 0.2) is 0 Å². The minimum absolute atomic E-state index is 0.364. The van der Waals surface area contributed by atoms with Crippen molar-refractivity contribution in [3.05, 3.63) is 17.5 Å². The summed E-state index contributed by atoms with van der Waals surface area (Å²) in [4.78, 5) is 11.7. The number of carbonyl (C=O) groups excluding carboxylic acids is 1. The molecule has 0 bridgehead atoms. The molecule has 0 N–H and O–H groups in total. The highest BCUT2D eigenvalue weighted by Gasteiger charge is 2.21. The molecule has 1 aromatic heterocycles. The molecule has 1 aliphatic carbocycles. The maximum Gasteiger partial charge on any atom is 0.139 e. The molecule has 2 rings (SSSR count). The maximum absolute atomic E-state index is 11.7. The van der Waals surface area contributed by atoms with E-state index >= 15 is 0 Å². The molecule has 0 aromatic carbocycles. The van der Waals surface area contributed by atoms with Crippen molar-refractivity contribution in [2.45, 2.75) is 39.0 Å². The molecule has 15 heavy (non-hydrogen) atoms. The lowest BCUT2D eigenvalue weighted by Gasteiger charge is -2.24. The minimum Gasteiger partial charge on any atom is -0.299 e. The SMILES string of the molecule is Cc1cc(CC(=O)CC2CCC2)n(C)n1. The van der Waals surface area contributed by atoms with Crippen LogP contribution in [-0.2, 0) is 18.3 Å². The van der Waals surface area contributed by atoms with Crippen LogP contribution in [0, 0.1) is 12.8 Å². The normalized spacial score (nSPS) is 16.4. The number of hydrogen-bond acceptors (Lipinski definition) is 2. The number of hydrogen-bond donors (Lipinski definition) is 0. The molecule has 0 amide bonds. The highest BCUT2D eigenvalue weighted by molar-refractivity contribution is 5.80. The molecular weight excluding hydrogens is 188 g/mol. The minimum atomic E-state index is 0.364. The summed E-state index contributed by atoms with van der Waals surface area (Å²) in [5, 5.41) is 4.24. The highest BCUT2D eigenvalue weighted by Crippen LogP contribution is 2.29. The number of carbonyl (C=O) groups is 1. The fourth-order valence-electron chi connectivity index (χ4n) is 2.12. The third-order valence-corrected chi connectivity index (χ3v) is 3.22. The van der Waals surface area contributed by atoms with Gasteiger partial charge in [-0.25, -0.2) is 0 Å². The second-order valence-corrected chi connectivity index (χ2v) is 4.62. The van der Waals surface area contributed by atoms with E-state index in [0.29, 0.717) is 18.1 Å². The van der Waals surface area contributed by atoms with E-state index in [0.717, 1.165) is 17.8 Å². The first-order chi connectivity index (χ1) is 7.15. The van der Waals surface area contributed by atoms with Crippen LogP contribution in [-0.4, -0.2) is 15.6 Å². The average Bonchev–Trinajstić information content (AvgIpc) is 2.38. The summed E-state index contributed by atoms with van der Waals surface area (Å²) in [5.74, 6) is 1.04. The summed E-state index contributed by atoms with van der Waals surface area (Å²) in [5.41, 5.74) is 2.03. The van der Waals surface area contributed by atoms with Gasteiger partial charge in [0, 0.05) is 25.6 Å². The van der Waals surface area contributed by atoms with Gasteiger partial charge in [-0.2, -0.15) is 5.10 Å². The van der Waals surface area contributed by atoms with Crippen molar-refractivity contribution in [1.29, 1.82) is 0 Å². The van der Waals surface area contributed by atoms with Crippen LogP contribution in [0.25, 0.3) is 0 Å². The Labute approximate surface area is 90.5 Å². The smallest absolute Gasteiger partial charge is 0.139 e. The van der Waals surface area contributed by atoms with Crippen molar-refractivity contribution in [2.75, 3.05) is 0 Å². The standard InChI is InChI=1S/C12H18N2O/c1-9-6-11(14(2)13-9)8-12(15)7-10-4-3-5-10/h6,10H,3-5,7-8H2,1-2H3. The van der Waals surface area contributed by atoms with Crippen LogP contribution in [0.15, 0.2) is 6.07 Å². The molecule has 0 spiro atoms. The Morgan fingerprint density at radius 3 is 2.80 bits per heavy atom. The van der Waals surface area contributed by atoms with E-state index < -0.39 is 0 Å². The van der Waals surface area contributed by atoms with Crippen LogP contribution in [0.4, 0.5) is 0 Å². The molecule has 0 atom stereocenters. The van der Waals surface area contributed by atoms with Crippen molar-refractivity contribution in [3.8, 4) is 0 Å². The molecule has 1 fully saturated rings. The van der Waals surface area contributed by atoms with Gasteiger partial charge in [0.25, 0.3) is 0 Å². The van der Waals surface area contributed by atoms with Crippen molar-refractivity contribution < 1.29 is 4.79 Å². The molecule has 0 radical (unpaired) electrons. The summed E-state index contributed by atoms with van der Waals surface area (Å²) >= 11 is 0. The van der Waals surface area contributed by atoms with E-state index in [1.807, 2.05) is 24.7 Å². The molecule has 82 valence electrons. The Morgan fingerprint density at radius 1 is 1.60 bits per heavy atom. The zero-order valence-corrected chi connectivity index (χ0v) is 9.49. The quantitative estimate of drug-likeness (QED) is 0.755. The van der Waals surface area contributed by atoms with Gasteiger partial charge in [-0.15, -0.1) is 0 Å². The van der Waals surface area contributed by atoms with Crippen molar-refractivity contribution in [3.63, 3.8) is 0 Å². The molecule has 0 saturated heterocycles. The molecule has 0 unspecified atom stereocenters. The molecule has 3 nitrogen and oxygen atoms in total. The van der Waals surface area contributed by atoms with Crippen LogP contribution in [0.2, 0.25) is 0 Å². The van der Waals surface area contributed by atoms with Crippen molar-refractivity contribution in [2.24, 2.45) is 13.0 Å². The maximum atomic E-state index is 11.7. The molecule has 1 aromatic rings. The fraction of sp³-hybridized carbons (Fsp3) is 0.667. The van der Waals surface area contributed by atoms with Gasteiger partial charge in [0.1, 0.15) is 5.78 Å². The number of aromatic nitrogens is 2. The largest absolute Gasteiger partial charge is 0.299 e. The third-order valence-electron chi connectivity index (χ3n) is 3.22. The second kappa shape index (κ2) is 4.17. The number of nitrogens with zero attached hydrogens (tertiary/aromatic N) is 2. The molecule has 1 saturated carbocycles. The zero-order chi connectivity index (χ0) is 10.8. The molecule has 3 heteroatoms. The Hall–Kier alpha value is -1.12. The lowest BCUT2D eigenvalue weighted by Crippen LogP contribution is -2.17. The predicted molar refractivity (Wildman–Crippen MR) is 58.6 cm³/mol. The topological polar surface area (TPSA) is 34.9 Å². The number of ketones is 1. The molecule has 1 aliphatic rings.